The van der Waals surface area contributed by atoms with Gasteiger partial charge in [-0.05, 0) is 29.3 Å². The number of urea groups is 1. The third kappa shape index (κ3) is 3.57. The van der Waals surface area contributed by atoms with Crippen molar-refractivity contribution >= 4 is 29.3 Å². The van der Waals surface area contributed by atoms with E-state index < -0.39 is 29.6 Å². The summed E-state index contributed by atoms with van der Waals surface area (Å²) in [6.45, 7) is 0. The van der Waals surface area contributed by atoms with Crippen LogP contribution in [0, 0.1) is 11.6 Å². The highest BCUT2D eigenvalue weighted by atomic mass is 19.2. The largest absolute Gasteiger partial charge is 0.383 e. The molecule has 3 amide bonds. The molecule has 0 aliphatic carbocycles. The van der Waals surface area contributed by atoms with E-state index in [1.54, 1.807) is 36.5 Å². The highest BCUT2D eigenvalue weighted by Gasteiger charge is 2.31. The van der Waals surface area contributed by atoms with Crippen LogP contribution in [0.25, 0.3) is 11.1 Å². The molecular weight excluding hydrogens is 434 g/mol. The Morgan fingerprint density at radius 3 is 2.55 bits per heavy atom. The number of hydrazone groups is 1. The van der Waals surface area contributed by atoms with Crippen LogP contribution >= 0.6 is 0 Å². The van der Waals surface area contributed by atoms with Gasteiger partial charge in [0.25, 0.3) is 5.91 Å². The van der Waals surface area contributed by atoms with Crippen molar-refractivity contribution < 1.29 is 18.4 Å². The summed E-state index contributed by atoms with van der Waals surface area (Å²) in [7, 11) is 0. The average molecular weight is 450 g/mol. The van der Waals surface area contributed by atoms with Crippen molar-refractivity contribution in [3.63, 3.8) is 0 Å². The number of amides is 3. The quantitative estimate of drug-likeness (QED) is 0.382. The van der Waals surface area contributed by atoms with Crippen LogP contribution in [0.2, 0.25) is 0 Å². The second kappa shape index (κ2) is 7.84. The summed E-state index contributed by atoms with van der Waals surface area (Å²) in [5.74, 6) is -2.16. The highest BCUT2D eigenvalue weighted by Crippen LogP contribution is 2.28. The van der Waals surface area contributed by atoms with Crippen molar-refractivity contribution in [3.05, 3.63) is 77.5 Å². The molecule has 6 N–H and O–H groups in total. The fourth-order valence-electron chi connectivity index (χ4n) is 3.58. The molecule has 2 aliphatic rings. The van der Waals surface area contributed by atoms with Gasteiger partial charge in [-0.1, -0.05) is 30.3 Å². The molecule has 12 heteroatoms. The number of rotatable bonds is 4. The molecule has 10 nitrogen and oxygen atoms in total. The second-order valence-electron chi connectivity index (χ2n) is 7.24. The van der Waals surface area contributed by atoms with E-state index in [9.17, 15) is 18.4 Å². The Morgan fingerprint density at radius 1 is 1.03 bits per heavy atom. The number of nitrogen functional groups attached to an aromatic ring is 1. The molecule has 3 heterocycles. The minimum absolute atomic E-state index is 0.0928. The van der Waals surface area contributed by atoms with Crippen LogP contribution in [0.1, 0.15) is 17.2 Å². The molecule has 1 unspecified atom stereocenters. The monoisotopic (exact) mass is 450 g/mol. The summed E-state index contributed by atoms with van der Waals surface area (Å²) >= 11 is 0. The number of anilines is 2. The Balaban J connectivity index is 1.47. The Kier molecular flexibility index (Phi) is 4.83. The minimum atomic E-state index is -1.05. The van der Waals surface area contributed by atoms with Crippen molar-refractivity contribution in [3.8, 4) is 11.1 Å². The van der Waals surface area contributed by atoms with Gasteiger partial charge in [-0.15, -0.1) is 10.6 Å². The number of halogens is 2. The van der Waals surface area contributed by atoms with Gasteiger partial charge in [0.2, 0.25) is 0 Å². The molecule has 2 aromatic carbocycles. The van der Waals surface area contributed by atoms with Crippen LogP contribution in [0.15, 0.2) is 59.8 Å². The third-order valence-corrected chi connectivity index (χ3v) is 5.22. The van der Waals surface area contributed by atoms with E-state index in [1.165, 1.54) is 17.1 Å². The maximum Gasteiger partial charge on any atom is 0.322 e. The van der Waals surface area contributed by atoms with E-state index in [1.807, 2.05) is 0 Å². The zero-order valence-corrected chi connectivity index (χ0v) is 16.8. The molecule has 0 spiro atoms. The van der Waals surface area contributed by atoms with Crippen LogP contribution in [-0.4, -0.2) is 22.8 Å². The Hall–Kier alpha value is -4.58. The zero-order chi connectivity index (χ0) is 23.1. The fourth-order valence-corrected chi connectivity index (χ4v) is 3.58. The number of nitrogens with one attached hydrogen (secondary N) is 4. The van der Waals surface area contributed by atoms with Gasteiger partial charge in [0.05, 0.1) is 5.56 Å². The van der Waals surface area contributed by atoms with Crippen molar-refractivity contribution in [2.75, 3.05) is 10.7 Å². The van der Waals surface area contributed by atoms with Gasteiger partial charge < -0.3 is 11.1 Å². The SMILES string of the molecule is Nc1ncc(-c2ccc(C3NC(=O)NC3=O)cc2)cc1C1=NNNN1c1cccc(F)c1F. The number of nitrogens with zero attached hydrogens (tertiary/aromatic N) is 3. The first-order chi connectivity index (χ1) is 15.9. The fraction of sp³-hybridized carbons (Fsp3) is 0.0476. The lowest BCUT2D eigenvalue weighted by molar-refractivity contribution is -0.120. The summed E-state index contributed by atoms with van der Waals surface area (Å²) in [4.78, 5) is 27.4. The Bertz CT molecular complexity index is 1310. The first kappa shape index (κ1) is 20.3. The molecule has 0 bridgehead atoms. The second-order valence-corrected chi connectivity index (χ2v) is 7.24. The van der Waals surface area contributed by atoms with Crippen LogP contribution in [0.3, 0.4) is 0 Å². The number of nitrogens with two attached hydrogens (primary N) is 1. The first-order valence-electron chi connectivity index (χ1n) is 9.72. The van der Waals surface area contributed by atoms with Gasteiger partial charge in [-0.25, -0.2) is 29.1 Å². The van der Waals surface area contributed by atoms with Gasteiger partial charge in [-0.3, -0.25) is 10.1 Å². The smallest absolute Gasteiger partial charge is 0.322 e. The number of pyridine rings is 1. The summed E-state index contributed by atoms with van der Waals surface area (Å²) in [5.41, 5.74) is 13.5. The topological polar surface area (TPSA) is 137 Å². The number of benzene rings is 2. The molecule has 1 saturated heterocycles. The molecule has 0 radical (unpaired) electrons. The molecule has 0 saturated carbocycles. The number of amidine groups is 1. The lowest BCUT2D eigenvalue weighted by Crippen LogP contribution is -2.42. The predicted molar refractivity (Wildman–Crippen MR) is 115 cm³/mol. The normalized spacial score (nSPS) is 17.5. The lowest BCUT2D eigenvalue weighted by atomic mass is 10.0. The third-order valence-electron chi connectivity index (χ3n) is 5.22. The van der Waals surface area contributed by atoms with Gasteiger partial charge in [-0.2, -0.15) is 0 Å². The van der Waals surface area contributed by atoms with Gasteiger partial charge in [0.15, 0.2) is 17.5 Å². The first-order valence-corrected chi connectivity index (χ1v) is 9.72. The van der Waals surface area contributed by atoms with E-state index in [4.69, 9.17) is 5.73 Å². The van der Waals surface area contributed by atoms with Crippen molar-refractivity contribution in [2.24, 2.45) is 5.10 Å². The average Bonchev–Trinajstić information content (AvgIpc) is 3.42. The molecule has 1 fully saturated rings. The zero-order valence-electron chi connectivity index (χ0n) is 16.8. The van der Waals surface area contributed by atoms with Crippen LogP contribution in [0.4, 0.5) is 25.1 Å². The predicted octanol–water partition coefficient (Wildman–Crippen LogP) is 1.68. The minimum Gasteiger partial charge on any atom is -0.383 e. The highest BCUT2D eigenvalue weighted by molar-refractivity contribution is 6.13. The number of hydrogen-bond acceptors (Lipinski definition) is 8. The van der Waals surface area contributed by atoms with E-state index in [2.05, 4.69) is 31.8 Å². The van der Waals surface area contributed by atoms with E-state index >= 15 is 0 Å². The number of carbonyl (C=O) groups excluding carboxylic acids is 2. The molecule has 1 atom stereocenters. The van der Waals surface area contributed by atoms with E-state index in [0.717, 1.165) is 11.6 Å². The van der Waals surface area contributed by atoms with Gasteiger partial charge in [0.1, 0.15) is 17.5 Å². The van der Waals surface area contributed by atoms with Crippen molar-refractivity contribution in [1.82, 2.24) is 26.7 Å². The number of imide groups is 1. The number of carbonyl (C=O) groups is 2. The van der Waals surface area contributed by atoms with Crippen LogP contribution < -0.4 is 32.4 Å². The standard InChI is InChI=1S/C21H16F2N8O2/c22-14-2-1-3-15(16(14)23)31-19(28-29-30-31)13-8-12(9-25-18(13)24)10-4-6-11(7-5-10)17-20(32)27-21(33)26-17/h1-9,17,29-30H,(H2,24,25)(H2,26,27,32,33). The van der Waals surface area contributed by atoms with Crippen LogP contribution in [0.5, 0.6) is 0 Å². The number of aromatic nitrogens is 1. The Morgan fingerprint density at radius 2 is 1.82 bits per heavy atom. The molecule has 166 valence electrons. The number of hydrogen-bond donors (Lipinski definition) is 5. The van der Waals surface area contributed by atoms with Crippen LogP contribution in [-0.2, 0) is 4.79 Å². The maximum atomic E-state index is 14.4. The molecular formula is C21H16F2N8O2. The maximum absolute atomic E-state index is 14.4. The molecule has 33 heavy (non-hydrogen) atoms. The summed E-state index contributed by atoms with van der Waals surface area (Å²) in [5, 5.41) is 10.1. The van der Waals surface area contributed by atoms with Crippen molar-refractivity contribution in [2.45, 2.75) is 6.04 Å². The molecule has 1 aromatic heterocycles. The summed E-state index contributed by atoms with van der Waals surface area (Å²) in [6, 6.07) is 11.1. The van der Waals surface area contributed by atoms with E-state index in [0.29, 0.717) is 16.7 Å². The Labute approximate surface area is 185 Å². The van der Waals surface area contributed by atoms with Gasteiger partial charge in [0, 0.05) is 11.8 Å². The summed E-state index contributed by atoms with van der Waals surface area (Å²) < 4.78 is 28.1. The van der Waals surface area contributed by atoms with Crippen molar-refractivity contribution in [1.29, 1.82) is 0 Å². The number of hydrazine groups is 2. The van der Waals surface area contributed by atoms with Gasteiger partial charge >= 0.3 is 6.03 Å². The summed E-state index contributed by atoms with van der Waals surface area (Å²) in [6.07, 6.45) is 1.56. The molecule has 5 rings (SSSR count). The lowest BCUT2D eigenvalue weighted by Gasteiger charge is -2.20. The molecule has 2 aliphatic heterocycles. The molecule has 3 aromatic rings. The van der Waals surface area contributed by atoms with E-state index in [-0.39, 0.29) is 17.3 Å².